The van der Waals surface area contributed by atoms with Crippen molar-refractivity contribution >= 4 is 84.5 Å². The van der Waals surface area contributed by atoms with Gasteiger partial charge >= 0.3 is 0 Å². The van der Waals surface area contributed by atoms with E-state index in [9.17, 15) is 0 Å². The van der Waals surface area contributed by atoms with E-state index in [0.717, 1.165) is 99.6 Å². The maximum absolute atomic E-state index is 8.57. The average molecular weight is 806 g/mol. The third kappa shape index (κ3) is 4.08. The minimum atomic E-state index is -3.09. The number of aryl methyl sites for hydroxylation is 2. The molecule has 0 saturated heterocycles. The number of benzene rings is 8. The molecule has 8 aromatic carbocycles. The van der Waals surface area contributed by atoms with E-state index in [0.29, 0.717) is 16.8 Å². The minimum Gasteiger partial charge on any atom is -0.458 e. The highest BCUT2D eigenvalue weighted by Crippen LogP contribution is 2.41. The summed E-state index contributed by atoms with van der Waals surface area (Å²) in [4.78, 5) is 10.5. The standard InChI is InChI=1S/C52H34N6O2Si/c1-31-14-11-18-37-48(31)53-51-55(34-16-3-4-17-35(34)56(37)51)33-28-29-36-40(30-33)58-38-19-12-15-32(2)49(38)54-52(58)57(36)39-20-13-27-47-50(39)60-43-23-7-10-26-46(43)61(47)44-24-8-5-21-41(44)59-42-22-6-9-25-45(42)61/h3-30H,1-2H3/i2D3. The Labute approximate surface area is 353 Å². The quantitative estimate of drug-likeness (QED) is 0.164. The van der Waals surface area contributed by atoms with Gasteiger partial charge in [-0.15, -0.1) is 0 Å². The van der Waals surface area contributed by atoms with Crippen LogP contribution in [0.5, 0.6) is 23.0 Å². The van der Waals surface area contributed by atoms with Gasteiger partial charge in [-0.05, 0) is 112 Å². The summed E-state index contributed by atoms with van der Waals surface area (Å²) in [5.41, 5.74) is 9.92. The lowest BCUT2D eigenvalue weighted by Crippen LogP contribution is -2.77. The van der Waals surface area contributed by atoms with E-state index in [-0.39, 0.29) is 5.56 Å². The number of fused-ring (bicyclic) bond motifs is 18. The number of para-hydroxylation sites is 8. The molecule has 0 unspecified atom stereocenters. The number of hydrogen-bond donors (Lipinski definition) is 0. The van der Waals surface area contributed by atoms with Crippen LogP contribution in [-0.2, 0) is 0 Å². The summed E-state index contributed by atoms with van der Waals surface area (Å²) in [5.74, 6) is 4.57. The first-order valence-electron chi connectivity index (χ1n) is 21.9. The first kappa shape index (κ1) is 30.2. The molecular weight excluding hydrogens is 769 g/mol. The SMILES string of the molecule is [2H]C([2H])([2H])c1cccc2c1nc1n(-c3cccc4c3Oc3ccccc3[Si]43c4ccccc4Oc4ccccc43)c3ccc(-n4c5ccccc5n5c6cccc(C)c6nc45)cc3n21. The second kappa shape index (κ2) is 11.6. The molecule has 2 aliphatic heterocycles. The van der Waals surface area contributed by atoms with E-state index >= 15 is 0 Å². The molecule has 2 aliphatic rings. The van der Waals surface area contributed by atoms with Crippen molar-refractivity contribution in [2.24, 2.45) is 0 Å². The van der Waals surface area contributed by atoms with Gasteiger partial charge in [-0.1, -0.05) is 103 Å². The Morgan fingerprint density at radius 1 is 0.459 bits per heavy atom. The second-order valence-corrected chi connectivity index (χ2v) is 19.7. The average Bonchev–Trinajstić information content (AvgIpc) is 4.05. The van der Waals surface area contributed by atoms with Gasteiger partial charge in [0.2, 0.25) is 11.6 Å². The molecular formula is C52H34N6O2Si. The van der Waals surface area contributed by atoms with Gasteiger partial charge in [-0.25, -0.2) is 9.97 Å². The molecule has 6 heterocycles. The highest BCUT2D eigenvalue weighted by atomic mass is 28.3. The molecule has 1 spiro atoms. The topological polar surface area (TPSA) is 62.9 Å². The van der Waals surface area contributed by atoms with Crippen LogP contribution in [-0.4, -0.2) is 36.0 Å². The molecule has 12 aromatic rings. The molecule has 14 rings (SSSR count). The van der Waals surface area contributed by atoms with Crippen LogP contribution in [0.1, 0.15) is 15.2 Å². The Bertz CT molecular complexity index is 3950. The van der Waals surface area contributed by atoms with Crippen LogP contribution in [0.15, 0.2) is 170 Å². The summed E-state index contributed by atoms with van der Waals surface area (Å²) in [6.45, 7) is -0.291. The van der Waals surface area contributed by atoms with Gasteiger partial charge in [0.25, 0.3) is 0 Å². The molecule has 0 bridgehead atoms. The normalized spacial score (nSPS) is 14.7. The molecule has 8 nitrogen and oxygen atoms in total. The van der Waals surface area contributed by atoms with Crippen molar-refractivity contribution in [1.82, 2.24) is 27.9 Å². The summed E-state index contributed by atoms with van der Waals surface area (Å²) < 4.78 is 48.2. The van der Waals surface area contributed by atoms with Crippen LogP contribution in [0.3, 0.4) is 0 Å². The Morgan fingerprint density at radius 3 is 1.69 bits per heavy atom. The summed E-state index contributed by atoms with van der Waals surface area (Å²) in [6, 6.07) is 58.2. The molecule has 0 amide bonds. The highest BCUT2D eigenvalue weighted by molar-refractivity contribution is 7.21. The maximum atomic E-state index is 8.57. The molecule has 0 atom stereocenters. The summed E-state index contributed by atoms with van der Waals surface area (Å²) in [6.07, 6.45) is 0. The first-order chi connectivity index (χ1) is 31.3. The highest BCUT2D eigenvalue weighted by Gasteiger charge is 2.53. The lowest BCUT2D eigenvalue weighted by atomic mass is 10.2. The zero-order valence-corrected chi connectivity index (χ0v) is 33.7. The van der Waals surface area contributed by atoms with Gasteiger partial charge in [0.05, 0.1) is 55.5 Å². The lowest BCUT2D eigenvalue weighted by Gasteiger charge is -2.43. The van der Waals surface area contributed by atoms with Crippen LogP contribution < -0.4 is 30.2 Å². The largest absolute Gasteiger partial charge is 0.458 e. The summed E-state index contributed by atoms with van der Waals surface area (Å²) >= 11 is 0. The van der Waals surface area contributed by atoms with Crippen LogP contribution in [0.2, 0.25) is 0 Å². The van der Waals surface area contributed by atoms with Crippen LogP contribution >= 0.6 is 0 Å². The van der Waals surface area contributed by atoms with E-state index < -0.39 is 14.9 Å². The maximum Gasteiger partial charge on any atom is 0.220 e. The van der Waals surface area contributed by atoms with Crippen LogP contribution in [0, 0.1) is 13.8 Å². The molecule has 0 N–H and O–H groups in total. The predicted octanol–water partition coefficient (Wildman–Crippen LogP) is 9.38. The molecule has 288 valence electrons. The van der Waals surface area contributed by atoms with Crippen LogP contribution in [0.4, 0.5) is 0 Å². The van der Waals surface area contributed by atoms with Gasteiger partial charge in [0.15, 0.2) is 13.8 Å². The Kier molecular flexibility index (Phi) is 5.77. The number of aromatic nitrogens is 6. The Balaban J connectivity index is 1.11. The van der Waals surface area contributed by atoms with Crippen molar-refractivity contribution in [2.45, 2.75) is 13.8 Å². The van der Waals surface area contributed by atoms with E-state index in [1.165, 1.54) is 0 Å². The molecule has 4 aromatic heterocycles. The van der Waals surface area contributed by atoms with Crippen molar-refractivity contribution < 1.29 is 13.6 Å². The predicted molar refractivity (Wildman–Crippen MR) is 246 cm³/mol. The van der Waals surface area contributed by atoms with E-state index in [1.807, 2.05) is 30.3 Å². The van der Waals surface area contributed by atoms with Crippen molar-refractivity contribution in [3.05, 3.63) is 181 Å². The zero-order valence-electron chi connectivity index (χ0n) is 35.7. The van der Waals surface area contributed by atoms with Crippen molar-refractivity contribution in [2.75, 3.05) is 0 Å². The second-order valence-electron chi connectivity index (χ2n) is 16.0. The summed E-state index contributed by atoms with van der Waals surface area (Å²) in [7, 11) is -3.09. The molecule has 0 saturated carbocycles. The van der Waals surface area contributed by atoms with Crippen molar-refractivity contribution in [3.8, 4) is 34.4 Å². The molecule has 9 heteroatoms. The first-order valence-corrected chi connectivity index (χ1v) is 22.4. The Hall–Kier alpha value is -7.88. The van der Waals surface area contributed by atoms with Gasteiger partial charge in [0, 0.05) is 4.11 Å². The van der Waals surface area contributed by atoms with Crippen molar-refractivity contribution in [1.29, 1.82) is 0 Å². The van der Waals surface area contributed by atoms with E-state index in [1.54, 1.807) is 6.07 Å². The fourth-order valence-electron chi connectivity index (χ4n) is 10.5. The van der Waals surface area contributed by atoms with E-state index in [2.05, 4.69) is 158 Å². The van der Waals surface area contributed by atoms with Crippen molar-refractivity contribution in [3.63, 3.8) is 0 Å². The minimum absolute atomic E-state index is 0.198. The summed E-state index contributed by atoms with van der Waals surface area (Å²) in [5, 5.41) is 4.54. The third-order valence-electron chi connectivity index (χ3n) is 12.9. The molecule has 0 radical (unpaired) electrons. The number of rotatable bonds is 2. The fourth-order valence-corrected chi connectivity index (χ4v) is 15.6. The number of nitrogens with zero attached hydrogens (tertiary/aromatic N) is 6. The van der Waals surface area contributed by atoms with Gasteiger partial charge < -0.3 is 9.47 Å². The molecule has 0 fully saturated rings. The Morgan fingerprint density at radius 2 is 0.984 bits per heavy atom. The smallest absolute Gasteiger partial charge is 0.220 e. The van der Waals surface area contributed by atoms with Crippen LogP contribution in [0.25, 0.3) is 67.1 Å². The van der Waals surface area contributed by atoms with Gasteiger partial charge in [-0.2, -0.15) is 0 Å². The van der Waals surface area contributed by atoms with Gasteiger partial charge in [-0.3, -0.25) is 17.9 Å². The number of hydrogen-bond acceptors (Lipinski definition) is 4. The third-order valence-corrected chi connectivity index (χ3v) is 17.8. The van der Waals surface area contributed by atoms with Gasteiger partial charge in [0.1, 0.15) is 17.2 Å². The number of ether oxygens (including phenoxy) is 2. The van der Waals surface area contributed by atoms with E-state index in [4.69, 9.17) is 23.6 Å². The monoisotopic (exact) mass is 805 g/mol. The number of imidazole rings is 4. The fraction of sp³-hybridized carbons (Fsp3) is 0.0385. The zero-order chi connectivity index (χ0) is 42.6. The lowest BCUT2D eigenvalue weighted by molar-refractivity contribution is 0.480. The molecule has 61 heavy (non-hydrogen) atoms. The molecule has 0 aliphatic carbocycles.